The highest BCUT2D eigenvalue weighted by Crippen LogP contribution is 2.41. The molecule has 5 rings (SSSR count). The number of carbonyl (C=O) groups is 1. The number of ether oxygens (including phenoxy) is 1. The van der Waals surface area contributed by atoms with Crippen LogP contribution in [-0.4, -0.2) is 45.0 Å². The van der Waals surface area contributed by atoms with Gasteiger partial charge in [0.15, 0.2) is 5.84 Å². The van der Waals surface area contributed by atoms with Crippen LogP contribution in [0.4, 0.5) is 4.39 Å². The topological polar surface area (TPSA) is 89.2 Å². The second-order valence-electron chi connectivity index (χ2n) is 8.24. The van der Waals surface area contributed by atoms with Crippen molar-refractivity contribution in [2.24, 2.45) is 5.16 Å². The lowest BCUT2D eigenvalue weighted by molar-refractivity contribution is -0.183. The minimum absolute atomic E-state index is 0.308. The molecule has 2 aliphatic heterocycles. The molecular weight excluding hydrogens is 439 g/mol. The number of hydrogen-bond acceptors (Lipinski definition) is 6. The third-order valence-corrected chi connectivity index (χ3v) is 6.07. The number of fused-ring (bicyclic) bond motifs is 1. The van der Waals surface area contributed by atoms with E-state index in [4.69, 9.17) is 9.57 Å². The molecule has 0 aliphatic carbocycles. The maximum atomic E-state index is 13.5. The van der Waals surface area contributed by atoms with Crippen LogP contribution in [0.3, 0.4) is 0 Å². The summed E-state index contributed by atoms with van der Waals surface area (Å²) < 4.78 is 21.0. The highest BCUT2D eigenvalue weighted by atomic mass is 19.1. The number of aliphatic carboxylic acids is 1. The first-order valence-corrected chi connectivity index (χ1v) is 10.9. The molecule has 34 heavy (non-hydrogen) atoms. The third kappa shape index (κ3) is 3.49. The van der Waals surface area contributed by atoms with E-state index in [1.807, 2.05) is 42.0 Å². The fourth-order valence-electron chi connectivity index (χ4n) is 4.44. The number of carboxylic acids is 1. The fourth-order valence-corrected chi connectivity index (χ4v) is 4.44. The van der Waals surface area contributed by atoms with Crippen LogP contribution in [0.15, 0.2) is 65.7 Å². The maximum absolute atomic E-state index is 13.5. The average Bonchev–Trinajstić information content (AvgIpc) is 3.44. The molecule has 1 aromatic heterocycles. The Morgan fingerprint density at radius 2 is 2.06 bits per heavy atom. The first-order valence-electron chi connectivity index (χ1n) is 10.9. The molecule has 0 bridgehead atoms. The molecule has 1 saturated heterocycles. The van der Waals surface area contributed by atoms with Crippen molar-refractivity contribution in [1.29, 1.82) is 0 Å². The first-order chi connectivity index (χ1) is 16.4. The summed E-state index contributed by atoms with van der Waals surface area (Å²) in [5.74, 6) is -0.520. The van der Waals surface area contributed by atoms with Crippen LogP contribution in [0.5, 0.6) is 5.75 Å². The Bertz CT molecular complexity index is 1310. The van der Waals surface area contributed by atoms with Gasteiger partial charge in [0.25, 0.3) is 0 Å². The number of carboxylic acid groups (broad SMARTS) is 1. The Labute approximate surface area is 195 Å². The first kappa shape index (κ1) is 21.7. The van der Waals surface area contributed by atoms with Gasteiger partial charge in [0, 0.05) is 18.3 Å². The van der Waals surface area contributed by atoms with Gasteiger partial charge in [0.05, 0.1) is 24.8 Å². The molecule has 174 valence electrons. The van der Waals surface area contributed by atoms with Crippen LogP contribution in [0.25, 0.3) is 11.8 Å². The highest BCUT2D eigenvalue weighted by Gasteiger charge is 2.56. The van der Waals surface area contributed by atoms with E-state index in [0.29, 0.717) is 36.5 Å². The molecule has 0 radical (unpaired) electrons. The summed E-state index contributed by atoms with van der Waals surface area (Å²) in [4.78, 5) is 23.9. The van der Waals surface area contributed by atoms with Gasteiger partial charge in [-0.2, -0.15) is 0 Å². The number of oxime groups is 1. The van der Waals surface area contributed by atoms with E-state index in [-0.39, 0.29) is 0 Å². The number of methoxy groups -OCH3 is 1. The van der Waals surface area contributed by atoms with Gasteiger partial charge in [-0.25, -0.2) is 14.2 Å². The zero-order chi connectivity index (χ0) is 23.9. The lowest BCUT2D eigenvalue weighted by Gasteiger charge is -2.36. The molecule has 1 unspecified atom stereocenters. The number of imidazole rings is 1. The quantitative estimate of drug-likeness (QED) is 0.615. The number of aryl methyl sites for hydroxylation is 1. The summed E-state index contributed by atoms with van der Waals surface area (Å²) in [6, 6.07) is 11.1. The van der Waals surface area contributed by atoms with Crippen molar-refractivity contribution in [1.82, 2.24) is 14.5 Å². The molecule has 1 fully saturated rings. The van der Waals surface area contributed by atoms with E-state index in [1.165, 1.54) is 24.3 Å². The van der Waals surface area contributed by atoms with Crippen molar-refractivity contribution >= 4 is 17.9 Å². The predicted octanol–water partition coefficient (Wildman–Crippen LogP) is 4.09. The molecule has 1 N–H and O–H groups in total. The van der Waals surface area contributed by atoms with Crippen LogP contribution in [0.1, 0.15) is 29.7 Å². The highest BCUT2D eigenvalue weighted by molar-refractivity contribution is 6.05. The van der Waals surface area contributed by atoms with Crippen molar-refractivity contribution in [2.75, 3.05) is 13.7 Å². The minimum Gasteiger partial charge on any atom is -0.495 e. The van der Waals surface area contributed by atoms with E-state index in [9.17, 15) is 14.3 Å². The van der Waals surface area contributed by atoms with Crippen molar-refractivity contribution in [3.63, 3.8) is 0 Å². The van der Waals surface area contributed by atoms with Crippen LogP contribution >= 0.6 is 0 Å². The molecule has 1 atom stereocenters. The smallest absolute Gasteiger partial charge is 0.377 e. The van der Waals surface area contributed by atoms with Crippen molar-refractivity contribution in [2.45, 2.75) is 25.5 Å². The maximum Gasteiger partial charge on any atom is 0.377 e. The van der Waals surface area contributed by atoms with E-state index in [1.54, 1.807) is 18.3 Å². The molecular formula is C25H23FN4O4. The Morgan fingerprint density at radius 3 is 2.74 bits per heavy atom. The summed E-state index contributed by atoms with van der Waals surface area (Å²) in [5.41, 5.74) is 1.97. The average molecular weight is 462 g/mol. The lowest BCUT2D eigenvalue weighted by Crippen LogP contribution is -2.53. The van der Waals surface area contributed by atoms with Gasteiger partial charge in [0.2, 0.25) is 0 Å². The Balaban J connectivity index is 1.50. The van der Waals surface area contributed by atoms with Crippen molar-refractivity contribution in [3.8, 4) is 11.4 Å². The van der Waals surface area contributed by atoms with Gasteiger partial charge in [-0.05, 0) is 73.4 Å². The number of hydrogen-bond donors (Lipinski definition) is 1. The van der Waals surface area contributed by atoms with Gasteiger partial charge in [0.1, 0.15) is 11.6 Å². The minimum atomic E-state index is -1.83. The summed E-state index contributed by atoms with van der Waals surface area (Å²) in [7, 11) is 1.61. The van der Waals surface area contributed by atoms with Crippen molar-refractivity contribution in [3.05, 3.63) is 83.2 Å². The normalized spacial score (nSPS) is 20.6. The number of nitrogens with zero attached hydrogens (tertiary/aromatic N) is 4. The Kier molecular flexibility index (Phi) is 5.31. The number of piperidine rings is 1. The van der Waals surface area contributed by atoms with E-state index >= 15 is 0 Å². The predicted molar refractivity (Wildman–Crippen MR) is 123 cm³/mol. The monoisotopic (exact) mass is 462 g/mol. The standard InChI is InChI=1S/C25H23FN4O4/c1-16-14-29(15-27-16)21-10-5-17(13-22(21)33-2)12-18-4-3-11-30-23(18)28-34-25(30,24(31)32)19-6-8-20(26)9-7-19/h5-10,12-15H,3-4,11H2,1-2H3,(H,31,32)/b18-12+. The summed E-state index contributed by atoms with van der Waals surface area (Å²) in [5, 5.41) is 14.3. The Hall–Kier alpha value is -4.14. The number of rotatable bonds is 5. The van der Waals surface area contributed by atoms with Gasteiger partial charge in [-0.1, -0.05) is 11.2 Å². The molecule has 0 saturated carbocycles. The molecule has 2 aromatic carbocycles. The molecule has 9 heteroatoms. The van der Waals surface area contributed by atoms with Crippen LogP contribution in [0, 0.1) is 12.7 Å². The molecule has 3 heterocycles. The molecule has 0 spiro atoms. The van der Waals surface area contributed by atoms with Gasteiger partial charge in [-0.15, -0.1) is 0 Å². The second-order valence-corrected chi connectivity index (χ2v) is 8.24. The number of benzene rings is 2. The number of aromatic nitrogens is 2. The van der Waals surface area contributed by atoms with Gasteiger partial charge in [-0.3, -0.25) is 0 Å². The Morgan fingerprint density at radius 1 is 1.26 bits per heavy atom. The molecule has 8 nitrogen and oxygen atoms in total. The van der Waals surface area contributed by atoms with Crippen LogP contribution in [-0.2, 0) is 15.4 Å². The van der Waals surface area contributed by atoms with Crippen molar-refractivity contribution < 1.29 is 23.9 Å². The summed E-state index contributed by atoms with van der Waals surface area (Å²) in [6.45, 7) is 2.37. The fraction of sp³-hybridized carbons (Fsp3) is 0.240. The third-order valence-electron chi connectivity index (χ3n) is 6.07. The molecule has 2 aliphatic rings. The largest absolute Gasteiger partial charge is 0.495 e. The van der Waals surface area contributed by atoms with E-state index in [0.717, 1.165) is 22.5 Å². The lowest BCUT2D eigenvalue weighted by atomic mass is 9.94. The van der Waals surface area contributed by atoms with Gasteiger partial charge >= 0.3 is 11.7 Å². The van der Waals surface area contributed by atoms with E-state index < -0.39 is 17.5 Å². The zero-order valence-corrected chi connectivity index (χ0v) is 18.7. The van der Waals surface area contributed by atoms with Crippen LogP contribution < -0.4 is 4.74 Å². The second kappa shape index (κ2) is 8.33. The number of amidine groups is 1. The summed E-state index contributed by atoms with van der Waals surface area (Å²) >= 11 is 0. The molecule has 3 aromatic rings. The van der Waals surface area contributed by atoms with Gasteiger partial charge < -0.3 is 24.1 Å². The molecule has 0 amide bonds. The number of halogens is 1. The van der Waals surface area contributed by atoms with E-state index in [2.05, 4.69) is 10.1 Å². The summed E-state index contributed by atoms with van der Waals surface area (Å²) in [6.07, 6.45) is 7.04. The zero-order valence-electron chi connectivity index (χ0n) is 18.7. The SMILES string of the molecule is COc1cc(/C=C2\CCCN3C2=NOC3(C(=O)O)c2ccc(F)cc2)ccc1-n1cnc(C)c1. The van der Waals surface area contributed by atoms with Crippen LogP contribution in [0.2, 0.25) is 0 Å².